The van der Waals surface area contributed by atoms with Gasteiger partial charge in [0.25, 0.3) is 5.89 Å². The Morgan fingerprint density at radius 3 is 2.94 bits per heavy atom. The van der Waals surface area contributed by atoms with E-state index in [-0.39, 0.29) is 5.56 Å². The second kappa shape index (κ2) is 4.92. The quantitative estimate of drug-likeness (QED) is 0.822. The summed E-state index contributed by atoms with van der Waals surface area (Å²) in [6, 6.07) is 5.14. The van der Waals surface area contributed by atoms with Gasteiger partial charge in [-0.2, -0.15) is 0 Å². The molecule has 90 valence electrons. The lowest BCUT2D eigenvalue weighted by molar-refractivity contribution is 0.458. The Kier molecular flexibility index (Phi) is 3.34. The summed E-state index contributed by atoms with van der Waals surface area (Å²) >= 11 is 0. The lowest BCUT2D eigenvalue weighted by Gasteiger charge is -2.03. The highest BCUT2D eigenvalue weighted by atomic mass is 16.4. The van der Waals surface area contributed by atoms with Gasteiger partial charge in [0.1, 0.15) is 5.69 Å². The van der Waals surface area contributed by atoms with E-state index in [1.165, 1.54) is 6.07 Å². The first-order chi connectivity index (χ1) is 8.15. The highest BCUT2D eigenvalue weighted by molar-refractivity contribution is 5.44. The summed E-state index contributed by atoms with van der Waals surface area (Å²) in [7, 11) is 0. The zero-order valence-electron chi connectivity index (χ0n) is 9.73. The molecule has 6 nitrogen and oxygen atoms in total. The first-order valence-electron chi connectivity index (χ1n) is 5.40. The zero-order valence-corrected chi connectivity index (χ0v) is 9.73. The van der Waals surface area contributed by atoms with Gasteiger partial charge in [0, 0.05) is 12.1 Å². The van der Waals surface area contributed by atoms with Gasteiger partial charge in [0.2, 0.25) is 11.4 Å². The maximum atomic E-state index is 11.1. The fraction of sp³-hybridized carbons (Fsp3) is 0.364. The van der Waals surface area contributed by atoms with E-state index in [0.717, 1.165) is 0 Å². The number of aromatic amines is 1. The smallest absolute Gasteiger partial charge is 0.264 e. The van der Waals surface area contributed by atoms with Crippen LogP contribution in [0.4, 0.5) is 0 Å². The summed E-state index contributed by atoms with van der Waals surface area (Å²) in [6.07, 6.45) is 0. The van der Waals surface area contributed by atoms with E-state index in [1.807, 2.05) is 13.8 Å². The molecule has 0 saturated heterocycles. The number of hydrogen-bond acceptors (Lipinski definition) is 5. The molecule has 2 aromatic rings. The van der Waals surface area contributed by atoms with Crippen molar-refractivity contribution in [3.05, 3.63) is 34.4 Å². The van der Waals surface area contributed by atoms with Crippen LogP contribution in [0, 0.1) is 0 Å². The Hall–Kier alpha value is -1.95. The third-order valence-electron chi connectivity index (χ3n) is 2.13. The Bertz CT molecular complexity index is 544. The molecule has 6 heteroatoms. The second-order valence-corrected chi connectivity index (χ2v) is 3.97. The van der Waals surface area contributed by atoms with Crippen molar-refractivity contribution in [1.29, 1.82) is 0 Å². The number of pyridine rings is 1. The highest BCUT2D eigenvalue weighted by Crippen LogP contribution is 2.12. The summed E-state index contributed by atoms with van der Waals surface area (Å²) in [5.41, 5.74) is 0.336. The Labute approximate surface area is 98.1 Å². The molecule has 17 heavy (non-hydrogen) atoms. The van der Waals surface area contributed by atoms with Gasteiger partial charge < -0.3 is 14.7 Å². The molecule has 0 spiro atoms. The standard InChI is InChI=1S/C11H14N4O2/c1-7(2)12-6-10-14-15-11(17-10)8-4-3-5-9(16)13-8/h3-5,7,12H,6H2,1-2H3,(H,13,16). The summed E-state index contributed by atoms with van der Waals surface area (Å²) in [5.74, 6) is 0.821. The Morgan fingerprint density at radius 1 is 1.41 bits per heavy atom. The van der Waals surface area contributed by atoms with Gasteiger partial charge in [0.15, 0.2) is 0 Å². The SMILES string of the molecule is CC(C)NCc1nnc(-c2cccc(=O)[nH]2)o1. The van der Waals surface area contributed by atoms with Crippen LogP contribution in [0.25, 0.3) is 11.6 Å². The number of nitrogens with zero attached hydrogens (tertiary/aromatic N) is 2. The van der Waals surface area contributed by atoms with Gasteiger partial charge in [-0.15, -0.1) is 10.2 Å². The van der Waals surface area contributed by atoms with Crippen LogP contribution in [-0.2, 0) is 6.54 Å². The molecule has 0 amide bonds. The van der Waals surface area contributed by atoms with Crippen molar-refractivity contribution in [2.45, 2.75) is 26.4 Å². The molecule has 0 bridgehead atoms. The topological polar surface area (TPSA) is 83.8 Å². The van der Waals surface area contributed by atoms with Crippen LogP contribution in [0.15, 0.2) is 27.4 Å². The summed E-state index contributed by atoms with van der Waals surface area (Å²) in [4.78, 5) is 13.8. The van der Waals surface area contributed by atoms with E-state index in [2.05, 4.69) is 20.5 Å². The number of hydrogen-bond donors (Lipinski definition) is 2. The van der Waals surface area contributed by atoms with E-state index < -0.39 is 0 Å². The lowest BCUT2D eigenvalue weighted by atomic mass is 10.3. The van der Waals surface area contributed by atoms with E-state index in [4.69, 9.17) is 4.42 Å². The molecule has 0 aliphatic rings. The number of rotatable bonds is 4. The molecule has 2 aromatic heterocycles. The molecule has 0 fully saturated rings. The van der Waals surface area contributed by atoms with Gasteiger partial charge in [-0.25, -0.2) is 0 Å². The minimum atomic E-state index is -0.192. The average molecular weight is 234 g/mol. The van der Waals surface area contributed by atoms with Gasteiger partial charge in [-0.1, -0.05) is 19.9 Å². The zero-order chi connectivity index (χ0) is 12.3. The molecule has 2 rings (SSSR count). The maximum absolute atomic E-state index is 11.1. The predicted octanol–water partition coefficient (Wildman–Crippen LogP) is 0.923. The van der Waals surface area contributed by atoms with E-state index >= 15 is 0 Å². The number of nitrogens with one attached hydrogen (secondary N) is 2. The van der Waals surface area contributed by atoms with Crippen LogP contribution < -0.4 is 10.9 Å². The second-order valence-electron chi connectivity index (χ2n) is 3.97. The number of aromatic nitrogens is 3. The summed E-state index contributed by atoms with van der Waals surface area (Å²) in [5, 5.41) is 10.9. The fourth-order valence-corrected chi connectivity index (χ4v) is 1.30. The van der Waals surface area contributed by atoms with E-state index in [9.17, 15) is 4.79 Å². The Morgan fingerprint density at radius 2 is 2.24 bits per heavy atom. The lowest BCUT2D eigenvalue weighted by Crippen LogP contribution is -2.21. The Balaban J connectivity index is 2.15. The molecule has 2 heterocycles. The molecule has 0 unspecified atom stereocenters. The van der Waals surface area contributed by atoms with Crippen LogP contribution in [0.2, 0.25) is 0 Å². The molecule has 0 aromatic carbocycles. The van der Waals surface area contributed by atoms with Crippen LogP contribution in [0.1, 0.15) is 19.7 Å². The first-order valence-corrected chi connectivity index (χ1v) is 5.40. The first kappa shape index (κ1) is 11.5. The molecular formula is C11H14N4O2. The molecule has 2 N–H and O–H groups in total. The van der Waals surface area contributed by atoms with Gasteiger partial charge in [-0.3, -0.25) is 4.79 Å². The van der Waals surface area contributed by atoms with Crippen molar-refractivity contribution >= 4 is 0 Å². The van der Waals surface area contributed by atoms with Gasteiger partial charge in [0.05, 0.1) is 6.54 Å². The third kappa shape index (κ3) is 3.01. The van der Waals surface area contributed by atoms with Crippen molar-refractivity contribution in [3.8, 4) is 11.6 Å². The normalized spacial score (nSPS) is 11.0. The summed E-state index contributed by atoms with van der Waals surface area (Å²) < 4.78 is 5.42. The van der Waals surface area contributed by atoms with Gasteiger partial charge >= 0.3 is 0 Å². The van der Waals surface area contributed by atoms with Crippen LogP contribution in [0.3, 0.4) is 0 Å². The van der Waals surface area contributed by atoms with Crippen LogP contribution in [-0.4, -0.2) is 21.2 Å². The summed E-state index contributed by atoms with van der Waals surface area (Å²) in [6.45, 7) is 4.58. The minimum Gasteiger partial charge on any atom is -0.418 e. The van der Waals surface area contributed by atoms with Crippen molar-refractivity contribution in [1.82, 2.24) is 20.5 Å². The van der Waals surface area contributed by atoms with E-state index in [1.54, 1.807) is 12.1 Å². The predicted molar refractivity (Wildman–Crippen MR) is 62.3 cm³/mol. The molecule has 0 radical (unpaired) electrons. The molecular weight excluding hydrogens is 220 g/mol. The van der Waals surface area contributed by atoms with E-state index in [0.29, 0.717) is 30.1 Å². The minimum absolute atomic E-state index is 0.192. The van der Waals surface area contributed by atoms with Crippen LogP contribution in [0.5, 0.6) is 0 Å². The highest BCUT2D eigenvalue weighted by Gasteiger charge is 2.08. The van der Waals surface area contributed by atoms with Crippen molar-refractivity contribution in [2.24, 2.45) is 0 Å². The van der Waals surface area contributed by atoms with Crippen molar-refractivity contribution in [2.75, 3.05) is 0 Å². The monoisotopic (exact) mass is 234 g/mol. The molecule has 0 atom stereocenters. The maximum Gasteiger partial charge on any atom is 0.264 e. The number of H-pyrrole nitrogens is 1. The fourth-order valence-electron chi connectivity index (χ4n) is 1.30. The molecule has 0 aliphatic carbocycles. The third-order valence-corrected chi connectivity index (χ3v) is 2.13. The van der Waals surface area contributed by atoms with Crippen molar-refractivity contribution in [3.63, 3.8) is 0 Å². The average Bonchev–Trinajstić information content (AvgIpc) is 2.75. The molecule has 0 aliphatic heterocycles. The molecule has 0 saturated carbocycles. The van der Waals surface area contributed by atoms with Gasteiger partial charge in [-0.05, 0) is 6.07 Å². The van der Waals surface area contributed by atoms with Crippen LogP contribution >= 0.6 is 0 Å². The largest absolute Gasteiger partial charge is 0.418 e. The van der Waals surface area contributed by atoms with Crippen molar-refractivity contribution < 1.29 is 4.42 Å².